The predicted molar refractivity (Wildman–Crippen MR) is 106 cm³/mol. The van der Waals surface area contributed by atoms with Crippen LogP contribution < -0.4 is 4.90 Å². The molecule has 7 nitrogen and oxygen atoms in total. The summed E-state index contributed by atoms with van der Waals surface area (Å²) in [5, 5.41) is 4.35. The Morgan fingerprint density at radius 1 is 1.21 bits per heavy atom. The molecule has 9 heteroatoms. The molecule has 1 atom stereocenters. The Labute approximate surface area is 165 Å². The van der Waals surface area contributed by atoms with Gasteiger partial charge in [-0.2, -0.15) is 5.10 Å². The molecule has 1 unspecified atom stereocenters. The van der Waals surface area contributed by atoms with Crippen LogP contribution in [0.15, 0.2) is 18.3 Å². The fourth-order valence-electron chi connectivity index (χ4n) is 3.47. The maximum atomic E-state index is 13.1. The Hall–Kier alpha value is -2.13. The maximum Gasteiger partial charge on any atom is 0.257 e. The van der Waals surface area contributed by atoms with Gasteiger partial charge in [-0.25, -0.2) is 23.4 Å². The van der Waals surface area contributed by atoms with E-state index in [1.807, 2.05) is 31.1 Å². The number of alkyl halides is 2. The van der Waals surface area contributed by atoms with Gasteiger partial charge < -0.3 is 9.80 Å². The molecule has 154 valence electrons. The van der Waals surface area contributed by atoms with E-state index in [4.69, 9.17) is 0 Å². The first-order chi connectivity index (χ1) is 13.3. The van der Waals surface area contributed by atoms with Crippen LogP contribution in [-0.4, -0.2) is 83.3 Å². The zero-order valence-corrected chi connectivity index (χ0v) is 17.0. The number of halogens is 2. The average molecular weight is 393 g/mol. The fraction of sp³-hybridized carbons (Fsp3) is 0.632. The predicted octanol–water partition coefficient (Wildman–Crippen LogP) is 2.20. The van der Waals surface area contributed by atoms with Gasteiger partial charge in [0, 0.05) is 38.4 Å². The molecule has 0 N–H and O–H groups in total. The number of piperidine rings is 1. The molecule has 3 rings (SSSR count). The van der Waals surface area contributed by atoms with Gasteiger partial charge in [-0.15, -0.1) is 0 Å². The molecule has 3 heterocycles. The second-order valence-electron chi connectivity index (χ2n) is 7.72. The van der Waals surface area contributed by atoms with E-state index in [1.54, 1.807) is 6.20 Å². The van der Waals surface area contributed by atoms with Crippen LogP contribution in [0.2, 0.25) is 0 Å². The monoisotopic (exact) mass is 393 g/mol. The lowest BCUT2D eigenvalue weighted by molar-refractivity contribution is 0.109. The highest BCUT2D eigenvalue weighted by molar-refractivity contribution is 5.55. The van der Waals surface area contributed by atoms with Crippen LogP contribution in [0.1, 0.15) is 18.7 Å². The lowest BCUT2D eigenvalue weighted by Crippen LogP contribution is -2.45. The van der Waals surface area contributed by atoms with Crippen LogP contribution in [0.3, 0.4) is 0 Å². The Kier molecular flexibility index (Phi) is 6.56. The van der Waals surface area contributed by atoms with Crippen LogP contribution >= 0.6 is 0 Å². The molecule has 0 amide bonds. The van der Waals surface area contributed by atoms with Gasteiger partial charge in [-0.05, 0) is 45.6 Å². The molecule has 0 saturated carbocycles. The Balaban J connectivity index is 1.81. The SMILES string of the molecule is CN(C)c1ccc(-c2nc(CN3CCCC(N(C)C)C3)n(CC(F)F)n2)cn1. The van der Waals surface area contributed by atoms with Crippen molar-refractivity contribution in [2.24, 2.45) is 0 Å². The third-order valence-corrected chi connectivity index (χ3v) is 5.10. The van der Waals surface area contributed by atoms with Gasteiger partial charge in [0.05, 0.1) is 6.54 Å². The van der Waals surface area contributed by atoms with Crippen molar-refractivity contribution in [2.75, 3.05) is 46.2 Å². The lowest BCUT2D eigenvalue weighted by atomic mass is 10.1. The number of likely N-dealkylation sites (tertiary alicyclic amines) is 1. The first-order valence-electron chi connectivity index (χ1n) is 9.58. The third kappa shape index (κ3) is 5.02. The van der Waals surface area contributed by atoms with Gasteiger partial charge in [0.2, 0.25) is 0 Å². The summed E-state index contributed by atoms with van der Waals surface area (Å²) < 4.78 is 27.5. The molecule has 0 aromatic carbocycles. The summed E-state index contributed by atoms with van der Waals surface area (Å²) in [6.07, 6.45) is 1.46. The number of likely N-dealkylation sites (N-methyl/N-ethyl adjacent to an activating group) is 1. The number of hydrogen-bond acceptors (Lipinski definition) is 6. The second-order valence-corrected chi connectivity index (χ2v) is 7.72. The van der Waals surface area contributed by atoms with E-state index in [9.17, 15) is 8.78 Å². The fourth-order valence-corrected chi connectivity index (χ4v) is 3.47. The molecular formula is C19H29F2N7. The third-order valence-electron chi connectivity index (χ3n) is 5.10. The molecule has 1 aliphatic rings. The van der Waals surface area contributed by atoms with Crippen molar-refractivity contribution in [1.82, 2.24) is 29.5 Å². The van der Waals surface area contributed by atoms with Crippen molar-refractivity contribution in [3.63, 3.8) is 0 Å². The van der Waals surface area contributed by atoms with Crippen molar-refractivity contribution < 1.29 is 8.78 Å². The number of nitrogens with zero attached hydrogens (tertiary/aromatic N) is 7. The first-order valence-corrected chi connectivity index (χ1v) is 9.58. The largest absolute Gasteiger partial charge is 0.363 e. The van der Waals surface area contributed by atoms with Gasteiger partial charge >= 0.3 is 0 Å². The zero-order chi connectivity index (χ0) is 20.3. The topological polar surface area (TPSA) is 53.3 Å². The van der Waals surface area contributed by atoms with E-state index >= 15 is 0 Å². The number of pyridine rings is 1. The summed E-state index contributed by atoms with van der Waals surface area (Å²) in [5.41, 5.74) is 0.727. The average Bonchev–Trinajstić information content (AvgIpc) is 3.03. The normalized spacial score (nSPS) is 18.2. The molecule has 2 aromatic heterocycles. The minimum atomic E-state index is -2.47. The minimum absolute atomic E-state index is 0.439. The summed E-state index contributed by atoms with van der Waals surface area (Å²) in [6.45, 7) is 1.92. The second kappa shape index (κ2) is 8.91. The van der Waals surface area contributed by atoms with Crippen LogP contribution in [0.5, 0.6) is 0 Å². The van der Waals surface area contributed by atoms with Gasteiger partial charge in [-0.1, -0.05) is 0 Å². The number of hydrogen-bond donors (Lipinski definition) is 0. The Morgan fingerprint density at radius 2 is 2.00 bits per heavy atom. The Morgan fingerprint density at radius 3 is 2.61 bits per heavy atom. The summed E-state index contributed by atoms with van der Waals surface area (Å²) >= 11 is 0. The quantitative estimate of drug-likeness (QED) is 0.719. The van der Waals surface area contributed by atoms with Crippen molar-refractivity contribution in [2.45, 2.75) is 38.4 Å². The summed E-state index contributed by atoms with van der Waals surface area (Å²) in [6, 6.07) is 4.22. The van der Waals surface area contributed by atoms with Gasteiger partial charge in [-0.3, -0.25) is 4.90 Å². The molecule has 0 aliphatic carbocycles. The van der Waals surface area contributed by atoms with Crippen molar-refractivity contribution in [3.05, 3.63) is 24.2 Å². The van der Waals surface area contributed by atoms with Crippen LogP contribution in [0.4, 0.5) is 14.6 Å². The number of anilines is 1. The summed E-state index contributed by atoms with van der Waals surface area (Å²) in [4.78, 5) is 15.3. The van der Waals surface area contributed by atoms with E-state index in [2.05, 4.69) is 39.0 Å². The van der Waals surface area contributed by atoms with Crippen LogP contribution in [0.25, 0.3) is 11.4 Å². The lowest BCUT2D eigenvalue weighted by Gasteiger charge is -2.35. The van der Waals surface area contributed by atoms with Crippen LogP contribution in [-0.2, 0) is 13.1 Å². The molecule has 0 bridgehead atoms. The standard InChI is InChI=1S/C19H29F2N7/c1-25(2)15-6-5-9-27(11-15)13-18-23-19(24-28(18)12-16(20)21)14-7-8-17(22-10-14)26(3)4/h7-8,10,15-16H,5-6,9,11-13H2,1-4H3. The highest BCUT2D eigenvalue weighted by Gasteiger charge is 2.24. The number of rotatable bonds is 7. The molecule has 0 spiro atoms. The van der Waals surface area contributed by atoms with Crippen LogP contribution in [0, 0.1) is 0 Å². The van der Waals surface area contributed by atoms with E-state index in [0.717, 1.165) is 37.3 Å². The molecule has 1 saturated heterocycles. The molecular weight excluding hydrogens is 364 g/mol. The smallest absolute Gasteiger partial charge is 0.257 e. The van der Waals surface area contributed by atoms with Crippen molar-refractivity contribution in [3.8, 4) is 11.4 Å². The molecule has 0 radical (unpaired) electrons. The van der Waals surface area contributed by atoms with Crippen molar-refractivity contribution >= 4 is 5.82 Å². The van der Waals surface area contributed by atoms with E-state index in [0.29, 0.717) is 24.2 Å². The molecule has 1 aliphatic heterocycles. The number of aromatic nitrogens is 4. The van der Waals surface area contributed by atoms with E-state index in [-0.39, 0.29) is 0 Å². The first kappa shape index (κ1) is 20.6. The molecule has 2 aromatic rings. The molecule has 1 fully saturated rings. The Bertz CT molecular complexity index is 758. The van der Waals surface area contributed by atoms with Gasteiger partial charge in [0.15, 0.2) is 5.82 Å². The van der Waals surface area contributed by atoms with Gasteiger partial charge in [0.25, 0.3) is 6.43 Å². The zero-order valence-electron chi connectivity index (χ0n) is 17.0. The highest BCUT2D eigenvalue weighted by Crippen LogP contribution is 2.21. The summed E-state index contributed by atoms with van der Waals surface area (Å²) in [5.74, 6) is 1.83. The minimum Gasteiger partial charge on any atom is -0.363 e. The van der Waals surface area contributed by atoms with Crippen molar-refractivity contribution in [1.29, 1.82) is 0 Å². The van der Waals surface area contributed by atoms with E-state index in [1.165, 1.54) is 4.68 Å². The van der Waals surface area contributed by atoms with E-state index < -0.39 is 13.0 Å². The highest BCUT2D eigenvalue weighted by atomic mass is 19.3. The van der Waals surface area contributed by atoms with Gasteiger partial charge in [0.1, 0.15) is 18.2 Å². The molecule has 28 heavy (non-hydrogen) atoms. The summed E-state index contributed by atoms with van der Waals surface area (Å²) in [7, 11) is 7.98. The maximum absolute atomic E-state index is 13.1.